The normalized spacial score (nSPS) is 13.5. The number of alkyl halides is 3. The second kappa shape index (κ2) is 9.37. The number of hydrogen-bond donors (Lipinski definition) is 2. The number of rotatable bonds is 6. The number of aliphatic hydroxyl groups is 1. The van der Waals surface area contributed by atoms with Crippen molar-refractivity contribution in [1.29, 1.82) is 0 Å². The molecule has 0 spiro atoms. The molecule has 5 nitrogen and oxygen atoms in total. The highest BCUT2D eigenvalue weighted by Crippen LogP contribution is 2.30. The van der Waals surface area contributed by atoms with E-state index in [9.17, 15) is 27.9 Å². The van der Waals surface area contributed by atoms with Crippen molar-refractivity contribution in [2.24, 2.45) is 0 Å². The van der Waals surface area contributed by atoms with Crippen molar-refractivity contribution in [1.82, 2.24) is 5.32 Å². The van der Waals surface area contributed by atoms with E-state index < -0.39 is 35.8 Å². The summed E-state index contributed by atoms with van der Waals surface area (Å²) in [6.45, 7) is 0. The van der Waals surface area contributed by atoms with Gasteiger partial charge in [-0.25, -0.2) is 4.79 Å². The molecule has 0 aliphatic heterocycles. The summed E-state index contributed by atoms with van der Waals surface area (Å²) >= 11 is 2.09. The predicted molar refractivity (Wildman–Crippen MR) is 103 cm³/mol. The Morgan fingerprint density at radius 1 is 1.14 bits per heavy atom. The van der Waals surface area contributed by atoms with Gasteiger partial charge in [-0.15, -0.1) is 0 Å². The van der Waals surface area contributed by atoms with Gasteiger partial charge in [0.25, 0.3) is 5.91 Å². The van der Waals surface area contributed by atoms with Gasteiger partial charge in [0.15, 0.2) is 6.10 Å². The molecule has 2 aromatic carbocycles. The first-order valence-corrected chi connectivity index (χ1v) is 9.18. The third-order valence-electron chi connectivity index (χ3n) is 3.99. The van der Waals surface area contributed by atoms with Gasteiger partial charge < -0.3 is 15.2 Å². The maximum Gasteiger partial charge on any atom is 0.416 e. The Bertz CT molecular complexity index is 840. The molecule has 0 bridgehead atoms. The fourth-order valence-electron chi connectivity index (χ4n) is 2.48. The molecular formula is C19H17F3INO4. The van der Waals surface area contributed by atoms with Crippen LogP contribution >= 0.6 is 22.6 Å². The Morgan fingerprint density at radius 3 is 2.29 bits per heavy atom. The zero-order valence-corrected chi connectivity index (χ0v) is 16.8. The molecule has 0 aromatic heterocycles. The Hall–Kier alpha value is -2.14. The molecule has 150 valence electrons. The van der Waals surface area contributed by atoms with E-state index in [1.165, 1.54) is 7.11 Å². The standard InChI is InChI=1S/C19H17F3INO4/c1-28-18(27)15(10-12-4-2-3-5-14(12)23)24-17(26)16(25)11-6-8-13(9-7-11)19(20,21)22/h2-9,15-16,25H,10H2,1H3,(H,24,26)/t15-,16-/m0/s1. The number of halogens is 4. The minimum atomic E-state index is -4.52. The van der Waals surface area contributed by atoms with Crippen molar-refractivity contribution in [3.8, 4) is 0 Å². The van der Waals surface area contributed by atoms with Crippen molar-refractivity contribution in [3.63, 3.8) is 0 Å². The number of methoxy groups -OCH3 is 1. The lowest BCUT2D eigenvalue weighted by molar-refractivity contribution is -0.146. The van der Waals surface area contributed by atoms with Gasteiger partial charge in [0, 0.05) is 9.99 Å². The van der Waals surface area contributed by atoms with Crippen LogP contribution in [0.2, 0.25) is 0 Å². The monoisotopic (exact) mass is 507 g/mol. The second-order valence-electron chi connectivity index (χ2n) is 5.90. The summed E-state index contributed by atoms with van der Waals surface area (Å²) < 4.78 is 43.5. The summed E-state index contributed by atoms with van der Waals surface area (Å²) in [5, 5.41) is 12.6. The van der Waals surface area contributed by atoms with Gasteiger partial charge in [0.2, 0.25) is 0 Å². The molecule has 2 rings (SSSR count). The van der Waals surface area contributed by atoms with Gasteiger partial charge in [-0.1, -0.05) is 30.3 Å². The molecule has 28 heavy (non-hydrogen) atoms. The van der Waals surface area contributed by atoms with Crippen LogP contribution in [0.1, 0.15) is 22.8 Å². The lowest BCUT2D eigenvalue weighted by atomic mass is 10.0. The average molecular weight is 507 g/mol. The third-order valence-corrected chi connectivity index (χ3v) is 5.04. The van der Waals surface area contributed by atoms with E-state index in [2.05, 4.69) is 27.9 Å². The van der Waals surface area contributed by atoms with E-state index in [4.69, 9.17) is 4.74 Å². The number of hydrogen-bond acceptors (Lipinski definition) is 4. The van der Waals surface area contributed by atoms with Crippen LogP contribution in [0.4, 0.5) is 13.2 Å². The highest BCUT2D eigenvalue weighted by atomic mass is 127. The van der Waals surface area contributed by atoms with Crippen molar-refractivity contribution in [2.45, 2.75) is 24.7 Å². The number of ether oxygens (including phenoxy) is 1. The van der Waals surface area contributed by atoms with Gasteiger partial charge in [-0.05, 0) is 51.9 Å². The number of nitrogens with one attached hydrogen (secondary N) is 1. The molecule has 0 fully saturated rings. The molecule has 0 heterocycles. The van der Waals surface area contributed by atoms with Crippen molar-refractivity contribution < 1.29 is 32.6 Å². The van der Waals surface area contributed by atoms with Crippen LogP contribution in [0, 0.1) is 3.57 Å². The molecular weight excluding hydrogens is 490 g/mol. The van der Waals surface area contributed by atoms with Crippen LogP contribution in [-0.2, 0) is 26.9 Å². The Morgan fingerprint density at radius 2 is 1.75 bits per heavy atom. The quantitative estimate of drug-likeness (QED) is 0.465. The lowest BCUT2D eigenvalue weighted by Crippen LogP contribution is -2.45. The molecule has 9 heteroatoms. The smallest absolute Gasteiger partial charge is 0.416 e. The molecule has 0 saturated heterocycles. The number of carbonyl (C=O) groups excluding carboxylic acids is 2. The summed E-state index contributed by atoms with van der Waals surface area (Å²) in [6.07, 6.45) is -6.12. The van der Waals surface area contributed by atoms with Crippen LogP contribution < -0.4 is 5.32 Å². The number of aliphatic hydroxyl groups excluding tert-OH is 1. The van der Waals surface area contributed by atoms with Crippen LogP contribution in [0.15, 0.2) is 48.5 Å². The predicted octanol–water partition coefficient (Wildman–Crippen LogP) is 3.24. The minimum Gasteiger partial charge on any atom is -0.467 e. The largest absolute Gasteiger partial charge is 0.467 e. The maximum absolute atomic E-state index is 12.6. The van der Waals surface area contributed by atoms with E-state index in [0.717, 1.165) is 33.4 Å². The number of esters is 1. The molecule has 0 radical (unpaired) electrons. The van der Waals surface area contributed by atoms with Crippen LogP contribution in [-0.4, -0.2) is 30.1 Å². The topological polar surface area (TPSA) is 75.6 Å². The molecule has 0 saturated carbocycles. The summed E-state index contributed by atoms with van der Waals surface area (Å²) in [7, 11) is 1.17. The summed E-state index contributed by atoms with van der Waals surface area (Å²) in [5.41, 5.74) is -0.124. The highest BCUT2D eigenvalue weighted by molar-refractivity contribution is 14.1. The maximum atomic E-state index is 12.6. The van der Waals surface area contributed by atoms with E-state index in [0.29, 0.717) is 0 Å². The molecule has 0 unspecified atom stereocenters. The van der Waals surface area contributed by atoms with Gasteiger partial charge in [0.1, 0.15) is 6.04 Å². The Labute approximate surface area is 173 Å². The van der Waals surface area contributed by atoms with Crippen molar-refractivity contribution in [3.05, 3.63) is 68.8 Å². The number of benzene rings is 2. The first kappa shape index (κ1) is 22.2. The summed E-state index contributed by atoms with van der Waals surface area (Å²) in [5.74, 6) is -1.62. The highest BCUT2D eigenvalue weighted by Gasteiger charge is 2.31. The molecule has 2 N–H and O–H groups in total. The summed E-state index contributed by atoms with van der Waals surface area (Å²) in [6, 6.07) is 9.75. The van der Waals surface area contributed by atoms with Gasteiger partial charge in [-0.2, -0.15) is 13.2 Å². The molecule has 0 aliphatic rings. The first-order valence-electron chi connectivity index (χ1n) is 8.10. The third kappa shape index (κ3) is 5.68. The van der Waals surface area contributed by atoms with Gasteiger partial charge >= 0.3 is 12.1 Å². The number of carbonyl (C=O) groups is 2. The van der Waals surface area contributed by atoms with Gasteiger partial charge in [-0.3, -0.25) is 4.79 Å². The fraction of sp³-hybridized carbons (Fsp3) is 0.263. The second-order valence-corrected chi connectivity index (χ2v) is 7.06. The molecule has 2 aromatic rings. The van der Waals surface area contributed by atoms with E-state index in [1.807, 2.05) is 12.1 Å². The van der Waals surface area contributed by atoms with Crippen LogP contribution in [0.25, 0.3) is 0 Å². The molecule has 1 amide bonds. The van der Waals surface area contributed by atoms with E-state index in [1.54, 1.807) is 12.1 Å². The Kier molecular flexibility index (Phi) is 7.41. The van der Waals surface area contributed by atoms with Crippen LogP contribution in [0.5, 0.6) is 0 Å². The first-order chi connectivity index (χ1) is 13.1. The van der Waals surface area contributed by atoms with E-state index >= 15 is 0 Å². The average Bonchev–Trinajstić information content (AvgIpc) is 2.67. The number of amides is 1. The van der Waals surface area contributed by atoms with Gasteiger partial charge in [0.05, 0.1) is 12.7 Å². The summed E-state index contributed by atoms with van der Waals surface area (Å²) in [4.78, 5) is 24.4. The Balaban J connectivity index is 2.14. The molecule has 2 atom stereocenters. The zero-order chi connectivity index (χ0) is 20.9. The lowest BCUT2D eigenvalue weighted by Gasteiger charge is -2.20. The minimum absolute atomic E-state index is 0.0246. The van der Waals surface area contributed by atoms with Crippen molar-refractivity contribution in [2.75, 3.05) is 7.11 Å². The fourth-order valence-corrected chi connectivity index (χ4v) is 3.08. The van der Waals surface area contributed by atoms with E-state index in [-0.39, 0.29) is 12.0 Å². The van der Waals surface area contributed by atoms with Crippen LogP contribution in [0.3, 0.4) is 0 Å². The molecule has 0 aliphatic carbocycles. The van der Waals surface area contributed by atoms with Crippen molar-refractivity contribution >= 4 is 34.5 Å². The zero-order valence-electron chi connectivity index (χ0n) is 14.7. The SMILES string of the molecule is COC(=O)[C@H](Cc1ccccc1I)NC(=O)[C@@H](O)c1ccc(C(F)(F)F)cc1.